The maximum absolute atomic E-state index is 5.40. The fourth-order valence-electron chi connectivity index (χ4n) is 1.44. The van der Waals surface area contributed by atoms with Gasteiger partial charge >= 0.3 is 0 Å². The van der Waals surface area contributed by atoms with E-state index in [0.29, 0.717) is 6.61 Å². The molecule has 0 amide bonds. The topological polar surface area (TPSA) is 21.6 Å². The Kier molecular flexibility index (Phi) is 5.41. The molecule has 0 fully saturated rings. The van der Waals surface area contributed by atoms with Gasteiger partial charge in [-0.05, 0) is 18.6 Å². The third kappa shape index (κ3) is 4.09. The molecule has 0 aromatic carbocycles. The Labute approximate surface area is 91.4 Å². The van der Waals surface area contributed by atoms with Crippen LogP contribution in [0.4, 0.5) is 0 Å². The number of nitrogens with zero attached hydrogens (tertiary/aromatic N) is 1. The lowest BCUT2D eigenvalue weighted by atomic mass is 10.0. The Morgan fingerprint density at radius 2 is 2.13 bits per heavy atom. The Morgan fingerprint density at radius 1 is 1.27 bits per heavy atom. The van der Waals surface area contributed by atoms with E-state index in [0.717, 1.165) is 25.1 Å². The van der Waals surface area contributed by atoms with E-state index in [9.17, 15) is 0 Å². The van der Waals surface area contributed by atoms with Crippen molar-refractivity contribution in [3.63, 3.8) is 0 Å². The molecular weight excluding hydrogens is 186 g/mol. The highest BCUT2D eigenvalue weighted by molar-refractivity contribution is 5.75. The second kappa shape index (κ2) is 6.96. The van der Waals surface area contributed by atoms with Crippen molar-refractivity contribution in [3.05, 3.63) is 48.7 Å². The van der Waals surface area contributed by atoms with E-state index in [-0.39, 0.29) is 0 Å². The monoisotopic (exact) mass is 203 g/mol. The van der Waals surface area contributed by atoms with Crippen LogP contribution < -0.4 is 0 Å². The summed E-state index contributed by atoms with van der Waals surface area (Å²) in [4.78, 5) is 4.29. The summed E-state index contributed by atoms with van der Waals surface area (Å²) in [5.74, 6) is 0. The smallest absolute Gasteiger partial charge is 0.0650 e. The Hall–Kier alpha value is -1.41. The van der Waals surface area contributed by atoms with Crippen LogP contribution in [0, 0.1) is 0 Å². The number of ether oxygens (including phenoxy) is 1. The van der Waals surface area contributed by atoms with Gasteiger partial charge in [0, 0.05) is 18.3 Å². The van der Waals surface area contributed by atoms with E-state index in [2.05, 4.69) is 30.3 Å². The first-order valence-corrected chi connectivity index (χ1v) is 5.11. The van der Waals surface area contributed by atoms with Gasteiger partial charge in [-0.1, -0.05) is 17.7 Å². The van der Waals surface area contributed by atoms with Gasteiger partial charge in [-0.3, -0.25) is 4.99 Å². The summed E-state index contributed by atoms with van der Waals surface area (Å²) >= 11 is 0. The minimum atomic E-state index is 0.709. The number of rotatable bonds is 0. The highest BCUT2D eigenvalue weighted by Gasteiger charge is 2.05. The molecule has 2 heteroatoms. The van der Waals surface area contributed by atoms with Gasteiger partial charge in [0.05, 0.1) is 13.2 Å². The molecule has 0 aromatic rings. The van der Waals surface area contributed by atoms with Crippen LogP contribution in [0.5, 0.6) is 0 Å². The molecule has 0 aliphatic carbocycles. The predicted octanol–water partition coefficient (Wildman–Crippen LogP) is 3.05. The summed E-state index contributed by atoms with van der Waals surface area (Å²) in [6, 6.07) is 0. The molecular formula is C13H17NO. The predicted molar refractivity (Wildman–Crippen MR) is 65.1 cm³/mol. The van der Waals surface area contributed by atoms with Crippen LogP contribution in [0.2, 0.25) is 0 Å². The molecule has 2 heterocycles. The molecule has 0 aromatic heterocycles. The maximum Gasteiger partial charge on any atom is 0.0650 e. The van der Waals surface area contributed by atoms with Crippen LogP contribution in [-0.4, -0.2) is 19.4 Å². The molecule has 0 N–H and O–H groups in total. The van der Waals surface area contributed by atoms with Gasteiger partial charge in [-0.2, -0.15) is 0 Å². The van der Waals surface area contributed by atoms with Gasteiger partial charge in [0.15, 0.2) is 0 Å². The molecule has 15 heavy (non-hydrogen) atoms. The number of hydrogen-bond donors (Lipinski definition) is 0. The van der Waals surface area contributed by atoms with Crippen molar-refractivity contribution < 1.29 is 4.74 Å². The number of hydrogen-bond acceptors (Lipinski definition) is 2. The maximum atomic E-state index is 5.40. The van der Waals surface area contributed by atoms with Crippen LogP contribution in [0.25, 0.3) is 0 Å². The first-order chi connectivity index (χ1) is 7.45. The second-order valence-electron chi connectivity index (χ2n) is 3.19. The summed E-state index contributed by atoms with van der Waals surface area (Å²) in [5, 5.41) is 0. The first kappa shape index (κ1) is 11.7. The van der Waals surface area contributed by atoms with Crippen molar-refractivity contribution in [2.75, 3.05) is 13.2 Å². The third-order valence-corrected chi connectivity index (χ3v) is 2.17. The minimum absolute atomic E-state index is 0.709. The standard InChI is InChI=1S/C11H13NO.C2H4/c1-2-7-13-8-5-10-4-6-12-11(3-1)9-10;1-2/h1-4,6H,5,7-9H2;1-2H2/b2-1-,11-3+;. The fraction of sp³-hybridized carbons (Fsp3) is 0.308. The van der Waals surface area contributed by atoms with Gasteiger partial charge in [0.2, 0.25) is 0 Å². The molecule has 0 spiro atoms. The number of aliphatic imine (C=N–C) groups is 1. The first-order valence-electron chi connectivity index (χ1n) is 5.11. The zero-order chi connectivity index (χ0) is 10.9. The van der Waals surface area contributed by atoms with Crippen molar-refractivity contribution in [1.82, 2.24) is 0 Å². The van der Waals surface area contributed by atoms with Crippen LogP contribution in [0.3, 0.4) is 0 Å². The molecule has 0 radical (unpaired) electrons. The van der Waals surface area contributed by atoms with Crippen LogP contribution in [0.15, 0.2) is 53.7 Å². The van der Waals surface area contributed by atoms with E-state index in [4.69, 9.17) is 4.74 Å². The van der Waals surface area contributed by atoms with E-state index in [1.54, 1.807) is 0 Å². The van der Waals surface area contributed by atoms with Crippen LogP contribution >= 0.6 is 0 Å². The molecule has 0 saturated carbocycles. The van der Waals surface area contributed by atoms with E-state index in [1.807, 2.05) is 18.4 Å². The highest BCUT2D eigenvalue weighted by atomic mass is 16.5. The Balaban J connectivity index is 0.000000531. The Bertz CT molecular complexity index is 310. The van der Waals surface area contributed by atoms with Gasteiger partial charge in [-0.15, -0.1) is 13.2 Å². The molecule has 2 aliphatic rings. The lowest BCUT2D eigenvalue weighted by Gasteiger charge is -2.11. The molecule has 0 unspecified atom stereocenters. The van der Waals surface area contributed by atoms with Crippen molar-refractivity contribution >= 4 is 6.21 Å². The number of allylic oxidation sites excluding steroid dienone is 4. The van der Waals surface area contributed by atoms with Gasteiger partial charge in [0.1, 0.15) is 0 Å². The molecule has 0 atom stereocenters. The molecule has 80 valence electrons. The molecule has 2 bridgehead atoms. The summed E-state index contributed by atoms with van der Waals surface area (Å²) in [6.45, 7) is 7.53. The average Bonchev–Trinajstić information content (AvgIpc) is 2.31. The summed E-state index contributed by atoms with van der Waals surface area (Å²) in [5.41, 5.74) is 2.56. The molecule has 2 aliphatic heterocycles. The highest BCUT2D eigenvalue weighted by Crippen LogP contribution is 2.19. The van der Waals surface area contributed by atoms with Crippen molar-refractivity contribution in [2.24, 2.45) is 4.99 Å². The normalized spacial score (nSPS) is 25.1. The summed E-state index contributed by atoms with van der Waals surface area (Å²) < 4.78 is 5.40. The SMILES string of the molecule is C1=N/C2=C/C=C\COCCC(=C1)C2.C=C. The average molecular weight is 203 g/mol. The van der Waals surface area contributed by atoms with Crippen LogP contribution in [0.1, 0.15) is 12.8 Å². The van der Waals surface area contributed by atoms with E-state index in [1.165, 1.54) is 5.57 Å². The molecule has 0 saturated heterocycles. The Morgan fingerprint density at radius 3 is 3.00 bits per heavy atom. The van der Waals surface area contributed by atoms with Crippen molar-refractivity contribution in [1.29, 1.82) is 0 Å². The van der Waals surface area contributed by atoms with Crippen LogP contribution in [-0.2, 0) is 4.74 Å². The number of dihydropyridines is 1. The summed E-state index contributed by atoms with van der Waals surface area (Å²) in [6.07, 6.45) is 12.1. The van der Waals surface area contributed by atoms with Crippen molar-refractivity contribution in [2.45, 2.75) is 12.8 Å². The minimum Gasteiger partial charge on any atom is -0.377 e. The largest absolute Gasteiger partial charge is 0.377 e. The van der Waals surface area contributed by atoms with Gasteiger partial charge in [0.25, 0.3) is 0 Å². The van der Waals surface area contributed by atoms with Gasteiger partial charge < -0.3 is 4.74 Å². The van der Waals surface area contributed by atoms with Gasteiger partial charge in [-0.25, -0.2) is 0 Å². The molecule has 2 rings (SSSR count). The van der Waals surface area contributed by atoms with Crippen molar-refractivity contribution in [3.8, 4) is 0 Å². The molecule has 2 nitrogen and oxygen atoms in total. The third-order valence-electron chi connectivity index (χ3n) is 2.17. The zero-order valence-corrected chi connectivity index (χ0v) is 8.98. The summed E-state index contributed by atoms with van der Waals surface area (Å²) in [7, 11) is 0. The quantitative estimate of drug-likeness (QED) is 0.554. The fourth-order valence-corrected chi connectivity index (χ4v) is 1.44. The lowest BCUT2D eigenvalue weighted by molar-refractivity contribution is 0.165. The number of fused-ring (bicyclic) bond motifs is 2. The van der Waals surface area contributed by atoms with E-state index >= 15 is 0 Å². The second-order valence-corrected chi connectivity index (χ2v) is 3.19. The van der Waals surface area contributed by atoms with E-state index < -0.39 is 0 Å². The zero-order valence-electron chi connectivity index (χ0n) is 8.98. The lowest BCUT2D eigenvalue weighted by Crippen LogP contribution is -2.01.